The Bertz CT molecular complexity index is 970. The summed E-state index contributed by atoms with van der Waals surface area (Å²) in [5, 5.41) is 19.5. The van der Waals surface area contributed by atoms with E-state index in [0.717, 1.165) is 5.67 Å². The van der Waals surface area contributed by atoms with Crippen molar-refractivity contribution in [2.24, 2.45) is 0 Å². The van der Waals surface area contributed by atoms with E-state index >= 15 is 0 Å². The van der Waals surface area contributed by atoms with Crippen LogP contribution in [0.4, 0.5) is 0 Å². The molecule has 0 aliphatic carbocycles. The van der Waals surface area contributed by atoms with Gasteiger partial charge in [-0.15, -0.1) is 0 Å². The smallest absolute Gasteiger partial charge is 0.418 e. The Hall–Kier alpha value is 2.08. The van der Waals surface area contributed by atoms with Crippen LogP contribution < -0.4 is 0 Å². The fourth-order valence-corrected chi connectivity index (χ4v) is 50.8. The number of rotatable bonds is 26. The summed E-state index contributed by atoms with van der Waals surface area (Å²) >= 11 is 0. The highest BCUT2D eigenvalue weighted by atomic mass is 28.5. The molecule has 2 atom stereocenters. The lowest BCUT2D eigenvalue weighted by molar-refractivity contribution is 0.167. The molecule has 0 saturated heterocycles. The Balaban J connectivity index is -0.000000228. The van der Waals surface area contributed by atoms with Crippen molar-refractivity contribution >= 4 is 101 Å². The average molecular weight is 1070 g/mol. The van der Waals surface area contributed by atoms with E-state index < -0.39 is 101 Å². The fraction of sp³-hybridized carbons (Fsp3) is 1.00. The van der Waals surface area contributed by atoms with Crippen LogP contribution in [0.15, 0.2) is 0 Å². The van der Waals surface area contributed by atoms with Crippen molar-refractivity contribution in [3.05, 3.63) is 0 Å². The van der Waals surface area contributed by atoms with Gasteiger partial charge >= 0.3 is 34.7 Å². The molecule has 372 valence electrons. The summed E-state index contributed by atoms with van der Waals surface area (Å²) in [6.45, 7) is 51.1. The van der Waals surface area contributed by atoms with Crippen LogP contribution in [0.5, 0.6) is 0 Å². The molecule has 60 heavy (non-hydrogen) atoms. The minimum Gasteiger partial charge on any atom is -0.418 e. The van der Waals surface area contributed by atoms with Crippen LogP contribution >= 0.6 is 0 Å². The highest BCUT2D eigenvalue weighted by Crippen LogP contribution is 2.30. The Morgan fingerprint density at radius 3 is 0.817 bits per heavy atom. The van der Waals surface area contributed by atoms with Crippen LogP contribution in [0.1, 0.15) is 29.7 Å². The van der Waals surface area contributed by atoms with Crippen LogP contribution in [0, 0.1) is 0 Å². The van der Waals surface area contributed by atoms with E-state index in [2.05, 4.69) is 137 Å². The molecule has 0 aromatic heterocycles. The first kappa shape index (κ1) is 73.6. The van der Waals surface area contributed by atoms with Crippen molar-refractivity contribution in [1.29, 1.82) is 0 Å². The first-order valence-electron chi connectivity index (χ1n) is 19.8. The van der Waals surface area contributed by atoms with Gasteiger partial charge in [-0.05, 0) is 163 Å². The molecule has 0 amide bonds. The normalized spacial score (nSPS) is 15.8. The quantitative estimate of drug-likeness (QED) is 0.0795. The van der Waals surface area contributed by atoms with Gasteiger partial charge < -0.3 is 56.7 Å². The lowest BCUT2D eigenvalue weighted by atomic mass is 11.7. The monoisotopic (exact) mass is 1070 g/mol. The molecule has 0 radical (unpaired) electrons. The molecular formula is C35H106O13Si12. The van der Waals surface area contributed by atoms with Crippen LogP contribution in [-0.4, -0.2) is 151 Å². The summed E-state index contributed by atoms with van der Waals surface area (Å²) in [6.07, 6.45) is 0.650. The standard InChI is InChI=1S/C16H46O6Si6.C15H44O7Si6.4CH4/c1-18-27(13,14-17)16-26(11,12)19-15-28(20-23(2,3)4,21-24(5,6)7)22-25(8,9)10;1-17-27(13,14-16)22-26(11,12)18-15-28(19-23(2,3)4,20-24(5,6)7)21-25(8,9)10;;;;/h17H,14-16H2,1-13H3;16H,14-15H2,1-13H3;4*1H4. The summed E-state index contributed by atoms with van der Waals surface area (Å²) in [4.78, 5) is 0. The molecule has 0 spiro atoms. The first-order chi connectivity index (χ1) is 24.3. The van der Waals surface area contributed by atoms with Gasteiger partial charge in [0.25, 0.3) is 0 Å². The second-order valence-electron chi connectivity index (χ2n) is 22.0. The van der Waals surface area contributed by atoms with E-state index in [-0.39, 0.29) is 48.4 Å². The van der Waals surface area contributed by atoms with E-state index in [1.54, 1.807) is 14.2 Å². The molecule has 0 fully saturated rings. The molecule has 0 aliphatic rings. The molecule has 0 aliphatic heterocycles. The van der Waals surface area contributed by atoms with E-state index in [1.165, 1.54) is 0 Å². The highest BCUT2D eigenvalue weighted by Gasteiger charge is 2.54. The maximum Gasteiger partial charge on any atom is 0.495 e. The molecule has 0 saturated carbocycles. The molecule has 13 nitrogen and oxygen atoms in total. The summed E-state index contributed by atoms with van der Waals surface area (Å²) < 4.78 is 70.2. The minimum absolute atomic E-state index is 0. The third-order valence-corrected chi connectivity index (χ3v) is 45.5. The van der Waals surface area contributed by atoms with Gasteiger partial charge in [-0.1, -0.05) is 29.7 Å². The summed E-state index contributed by atoms with van der Waals surface area (Å²) in [5.41, 5.74) is 0.824. The largest absolute Gasteiger partial charge is 0.495 e. The topological polar surface area (TPSA) is 142 Å². The predicted molar refractivity (Wildman–Crippen MR) is 289 cm³/mol. The molecule has 2 N–H and O–H groups in total. The zero-order valence-electron chi connectivity index (χ0n) is 40.9. The van der Waals surface area contributed by atoms with Gasteiger partial charge in [0.05, 0.1) is 12.5 Å². The second-order valence-corrected chi connectivity index (χ2v) is 71.3. The first-order valence-corrected chi connectivity index (χ1v) is 55.4. The van der Waals surface area contributed by atoms with E-state index in [1.807, 2.05) is 19.6 Å². The van der Waals surface area contributed by atoms with Gasteiger partial charge in [0.1, 0.15) is 12.5 Å². The van der Waals surface area contributed by atoms with Crippen LogP contribution in [-0.2, 0) is 46.5 Å². The van der Waals surface area contributed by atoms with Gasteiger partial charge in [0, 0.05) is 14.2 Å². The SMILES string of the molecule is C.C.C.C.CO[Si](C)(CO)C[Si](C)(C)OC[Si](O[Si](C)(C)C)(O[Si](C)(C)C)O[Si](C)(C)C.CO[Si](C)(CO)O[Si](C)(C)OC[Si](O[Si](C)(C)C)(O[Si](C)(C)C)O[Si](C)(C)C. The minimum atomic E-state index is -3.08. The molecule has 0 aromatic rings. The van der Waals surface area contributed by atoms with E-state index in [0.29, 0.717) is 6.23 Å². The summed E-state index contributed by atoms with van der Waals surface area (Å²) in [6, 6.07) is 0. The van der Waals surface area contributed by atoms with Gasteiger partial charge in [0.15, 0.2) is 58.2 Å². The maximum atomic E-state index is 9.79. The number of hydrogen-bond acceptors (Lipinski definition) is 13. The molecule has 2 unspecified atom stereocenters. The van der Waals surface area contributed by atoms with Crippen molar-refractivity contribution in [3.8, 4) is 0 Å². The molecule has 0 bridgehead atoms. The molecular weight excluding hydrogens is 965 g/mol. The summed E-state index contributed by atoms with van der Waals surface area (Å²) in [7, 11) is -23.9. The maximum absolute atomic E-state index is 9.79. The van der Waals surface area contributed by atoms with Crippen LogP contribution in [0.2, 0.25) is 163 Å². The molecule has 0 aromatic carbocycles. The van der Waals surface area contributed by atoms with Gasteiger partial charge in [-0.25, -0.2) is 0 Å². The summed E-state index contributed by atoms with van der Waals surface area (Å²) in [5.74, 6) is 0. The number of hydrogen-bond donors (Lipinski definition) is 2. The Morgan fingerprint density at radius 1 is 0.350 bits per heavy atom. The third kappa shape index (κ3) is 36.2. The predicted octanol–water partition coefficient (Wildman–Crippen LogP) is 11.1. The lowest BCUT2D eigenvalue weighted by Crippen LogP contribution is -2.65. The fourth-order valence-electron chi connectivity index (χ4n) is 5.48. The number of aliphatic hydroxyl groups excluding tert-OH is 2. The second kappa shape index (κ2) is 27.2. The van der Waals surface area contributed by atoms with Gasteiger partial charge in [0.2, 0.25) is 8.32 Å². The van der Waals surface area contributed by atoms with Gasteiger partial charge in [-0.3, -0.25) is 0 Å². The van der Waals surface area contributed by atoms with Crippen molar-refractivity contribution in [3.63, 3.8) is 0 Å². The number of aliphatic hydroxyl groups is 2. The Morgan fingerprint density at radius 2 is 0.617 bits per heavy atom. The average Bonchev–Trinajstić information content (AvgIpc) is 2.89. The lowest BCUT2D eigenvalue weighted by Gasteiger charge is -2.44. The molecule has 0 rings (SSSR count). The van der Waals surface area contributed by atoms with Crippen molar-refractivity contribution in [2.75, 3.05) is 39.1 Å². The van der Waals surface area contributed by atoms with E-state index in [9.17, 15) is 10.2 Å². The zero-order valence-corrected chi connectivity index (χ0v) is 52.9. The van der Waals surface area contributed by atoms with Gasteiger partial charge in [-0.2, -0.15) is 0 Å². The van der Waals surface area contributed by atoms with Crippen molar-refractivity contribution in [1.82, 2.24) is 0 Å². The molecule has 0 heterocycles. The highest BCUT2D eigenvalue weighted by molar-refractivity contribution is 6.93. The Labute approximate surface area is 387 Å². The zero-order chi connectivity index (χ0) is 45.3. The molecule has 25 heteroatoms. The van der Waals surface area contributed by atoms with Crippen LogP contribution in [0.25, 0.3) is 0 Å². The Kier molecular flexibility index (Phi) is 33.4. The van der Waals surface area contributed by atoms with E-state index in [4.69, 9.17) is 46.5 Å². The van der Waals surface area contributed by atoms with Crippen LogP contribution in [0.3, 0.4) is 0 Å². The third-order valence-electron chi connectivity index (χ3n) is 6.81. The van der Waals surface area contributed by atoms with Crippen molar-refractivity contribution < 1.29 is 56.7 Å². The van der Waals surface area contributed by atoms with Crippen molar-refractivity contribution in [2.45, 2.75) is 193 Å².